The number of carbonyl (C=O) groups excluding carboxylic acids is 1. The predicted octanol–water partition coefficient (Wildman–Crippen LogP) is 3.98. The van der Waals surface area contributed by atoms with Gasteiger partial charge in [0.1, 0.15) is 23.7 Å². The SMILES string of the molecule is COc1cc2c(cc1[C@H]1COc3c(cc(OC)c4c3C=CC(C)(C)O4)C1=O)OCO2. The maximum Gasteiger partial charge on any atom is 0.231 e. The number of carbonyl (C=O) groups is 1. The summed E-state index contributed by atoms with van der Waals surface area (Å²) >= 11 is 0. The fraction of sp³-hybridized carbons (Fsp3) is 0.348. The zero-order chi connectivity index (χ0) is 21.0. The van der Waals surface area contributed by atoms with Gasteiger partial charge >= 0.3 is 0 Å². The molecule has 0 fully saturated rings. The molecule has 0 bridgehead atoms. The van der Waals surface area contributed by atoms with Gasteiger partial charge in [-0.1, -0.05) is 0 Å². The number of fused-ring (bicyclic) bond motifs is 4. The van der Waals surface area contributed by atoms with E-state index in [2.05, 4.69) is 0 Å². The second kappa shape index (κ2) is 6.58. The zero-order valence-electron chi connectivity index (χ0n) is 17.2. The molecule has 7 heteroatoms. The maximum absolute atomic E-state index is 13.5. The third kappa shape index (κ3) is 2.76. The van der Waals surface area contributed by atoms with Crippen LogP contribution in [0.3, 0.4) is 0 Å². The van der Waals surface area contributed by atoms with Gasteiger partial charge in [-0.15, -0.1) is 0 Å². The topological polar surface area (TPSA) is 72.5 Å². The highest BCUT2D eigenvalue weighted by molar-refractivity contribution is 6.06. The first kappa shape index (κ1) is 18.7. The quantitative estimate of drug-likeness (QED) is 0.758. The normalized spacial score (nSPS) is 20.0. The summed E-state index contributed by atoms with van der Waals surface area (Å²) in [5.41, 5.74) is 1.39. The molecule has 7 nitrogen and oxygen atoms in total. The highest BCUT2D eigenvalue weighted by Crippen LogP contribution is 2.50. The standard InChI is InChI=1S/C23H22O7/c1-23(2)6-5-12-21-14(8-19(26-4)22(12)30-23)20(24)15(10-27-21)13-7-17-18(29-11-28-17)9-16(13)25-3/h5-9,15H,10-11H2,1-4H3/t15-/m1/s1. The molecule has 0 unspecified atom stereocenters. The molecule has 0 saturated carbocycles. The largest absolute Gasteiger partial charge is 0.496 e. The molecule has 0 aliphatic carbocycles. The van der Waals surface area contributed by atoms with E-state index in [-0.39, 0.29) is 19.2 Å². The number of hydrogen-bond donors (Lipinski definition) is 0. The second-order valence-corrected chi connectivity index (χ2v) is 7.91. The van der Waals surface area contributed by atoms with Crippen LogP contribution in [0.15, 0.2) is 24.3 Å². The molecule has 0 aromatic heterocycles. The van der Waals surface area contributed by atoms with Crippen molar-refractivity contribution < 1.29 is 33.2 Å². The van der Waals surface area contributed by atoms with Gasteiger partial charge in [-0.2, -0.15) is 0 Å². The lowest BCUT2D eigenvalue weighted by atomic mass is 9.86. The molecule has 3 aliphatic rings. The van der Waals surface area contributed by atoms with Crippen LogP contribution in [-0.4, -0.2) is 39.0 Å². The zero-order valence-corrected chi connectivity index (χ0v) is 17.2. The van der Waals surface area contributed by atoms with Crippen LogP contribution in [0.1, 0.15) is 41.3 Å². The maximum atomic E-state index is 13.5. The molecule has 3 heterocycles. The monoisotopic (exact) mass is 410 g/mol. The summed E-state index contributed by atoms with van der Waals surface area (Å²) in [4.78, 5) is 13.5. The summed E-state index contributed by atoms with van der Waals surface area (Å²) in [5, 5.41) is 0. The first-order valence-electron chi connectivity index (χ1n) is 9.69. The van der Waals surface area contributed by atoms with Crippen molar-refractivity contribution in [2.24, 2.45) is 0 Å². The van der Waals surface area contributed by atoms with Crippen molar-refractivity contribution in [2.45, 2.75) is 25.4 Å². The molecule has 30 heavy (non-hydrogen) atoms. The van der Waals surface area contributed by atoms with Crippen molar-refractivity contribution in [1.82, 2.24) is 0 Å². The van der Waals surface area contributed by atoms with E-state index in [1.807, 2.05) is 26.0 Å². The molecule has 1 atom stereocenters. The number of Topliss-reactive ketones (excluding diaryl/α,β-unsaturated/α-hetero) is 1. The smallest absolute Gasteiger partial charge is 0.231 e. The van der Waals surface area contributed by atoms with E-state index >= 15 is 0 Å². The minimum Gasteiger partial charge on any atom is -0.496 e. The molecule has 2 aromatic rings. The van der Waals surface area contributed by atoms with Gasteiger partial charge in [0.25, 0.3) is 0 Å². The van der Waals surface area contributed by atoms with E-state index in [9.17, 15) is 4.79 Å². The molecule has 2 aromatic carbocycles. The highest BCUT2D eigenvalue weighted by atomic mass is 16.7. The summed E-state index contributed by atoms with van der Waals surface area (Å²) in [6.45, 7) is 4.24. The van der Waals surface area contributed by atoms with E-state index in [0.29, 0.717) is 51.2 Å². The van der Waals surface area contributed by atoms with E-state index < -0.39 is 11.5 Å². The van der Waals surface area contributed by atoms with Crippen LogP contribution < -0.4 is 28.4 Å². The molecule has 5 rings (SSSR count). The van der Waals surface area contributed by atoms with Gasteiger partial charge < -0.3 is 28.4 Å². The van der Waals surface area contributed by atoms with Gasteiger partial charge in [-0.05, 0) is 38.1 Å². The molecule has 0 saturated heterocycles. The molecule has 0 radical (unpaired) electrons. The Morgan fingerprint density at radius 2 is 1.70 bits per heavy atom. The summed E-state index contributed by atoms with van der Waals surface area (Å²) < 4.78 is 34.2. The number of methoxy groups -OCH3 is 2. The van der Waals surface area contributed by atoms with E-state index in [4.69, 9.17) is 28.4 Å². The van der Waals surface area contributed by atoms with Crippen LogP contribution in [0.5, 0.6) is 34.5 Å². The Morgan fingerprint density at radius 1 is 0.967 bits per heavy atom. The predicted molar refractivity (Wildman–Crippen MR) is 108 cm³/mol. The Bertz CT molecular complexity index is 1080. The summed E-state index contributed by atoms with van der Waals surface area (Å²) in [6, 6.07) is 5.23. The fourth-order valence-electron chi connectivity index (χ4n) is 4.02. The van der Waals surface area contributed by atoms with Crippen molar-refractivity contribution >= 4 is 11.9 Å². The van der Waals surface area contributed by atoms with Crippen LogP contribution in [-0.2, 0) is 0 Å². The average molecular weight is 410 g/mol. The Morgan fingerprint density at radius 3 is 2.43 bits per heavy atom. The summed E-state index contributed by atoms with van der Waals surface area (Å²) in [5.74, 6) is 2.71. The third-order valence-corrected chi connectivity index (χ3v) is 5.55. The van der Waals surface area contributed by atoms with Gasteiger partial charge in [-0.3, -0.25) is 4.79 Å². The Kier molecular flexibility index (Phi) is 4.10. The molecular formula is C23H22O7. The molecule has 0 N–H and O–H groups in total. The fourth-order valence-corrected chi connectivity index (χ4v) is 4.02. The Hall–Kier alpha value is -3.35. The van der Waals surface area contributed by atoms with Gasteiger partial charge in [0, 0.05) is 11.6 Å². The number of hydrogen-bond acceptors (Lipinski definition) is 7. The number of benzene rings is 2. The van der Waals surface area contributed by atoms with Crippen molar-refractivity contribution in [3.8, 4) is 34.5 Å². The molecular weight excluding hydrogens is 388 g/mol. The first-order valence-corrected chi connectivity index (χ1v) is 9.69. The van der Waals surface area contributed by atoms with Crippen molar-refractivity contribution in [3.63, 3.8) is 0 Å². The minimum atomic E-state index is -0.547. The lowest BCUT2D eigenvalue weighted by Gasteiger charge is -2.33. The number of ether oxygens (including phenoxy) is 6. The van der Waals surface area contributed by atoms with E-state index in [1.165, 1.54) is 0 Å². The van der Waals surface area contributed by atoms with Gasteiger partial charge in [0.2, 0.25) is 6.79 Å². The van der Waals surface area contributed by atoms with Crippen molar-refractivity contribution in [3.05, 3.63) is 41.0 Å². The van der Waals surface area contributed by atoms with Crippen molar-refractivity contribution in [2.75, 3.05) is 27.6 Å². The van der Waals surface area contributed by atoms with Crippen LogP contribution in [0.4, 0.5) is 0 Å². The van der Waals surface area contributed by atoms with Gasteiger partial charge in [0.05, 0.1) is 31.3 Å². The number of ketones is 1. The van der Waals surface area contributed by atoms with Crippen LogP contribution in [0, 0.1) is 0 Å². The van der Waals surface area contributed by atoms with Crippen LogP contribution >= 0.6 is 0 Å². The minimum absolute atomic E-state index is 0.0762. The van der Waals surface area contributed by atoms with Crippen LogP contribution in [0.2, 0.25) is 0 Å². The van der Waals surface area contributed by atoms with Crippen molar-refractivity contribution in [1.29, 1.82) is 0 Å². The Labute approximate surface area is 174 Å². The molecule has 0 amide bonds. The Balaban J connectivity index is 1.60. The third-order valence-electron chi connectivity index (χ3n) is 5.55. The molecule has 3 aliphatic heterocycles. The average Bonchev–Trinajstić information content (AvgIpc) is 3.19. The lowest BCUT2D eigenvalue weighted by molar-refractivity contribution is 0.0891. The first-order chi connectivity index (χ1) is 14.4. The molecule has 0 spiro atoms. The highest BCUT2D eigenvalue weighted by Gasteiger charge is 2.38. The van der Waals surface area contributed by atoms with E-state index in [1.54, 1.807) is 32.4 Å². The van der Waals surface area contributed by atoms with Gasteiger partial charge in [0.15, 0.2) is 28.8 Å². The van der Waals surface area contributed by atoms with E-state index in [0.717, 1.165) is 0 Å². The summed E-state index contributed by atoms with van der Waals surface area (Å²) in [7, 11) is 3.12. The van der Waals surface area contributed by atoms with Crippen LogP contribution in [0.25, 0.3) is 6.08 Å². The van der Waals surface area contributed by atoms with Gasteiger partial charge in [-0.25, -0.2) is 0 Å². The lowest BCUT2D eigenvalue weighted by Crippen LogP contribution is -2.30. The molecule has 156 valence electrons. The summed E-state index contributed by atoms with van der Waals surface area (Å²) in [6.07, 6.45) is 3.87. The second-order valence-electron chi connectivity index (χ2n) is 7.91. The number of rotatable bonds is 3.